The van der Waals surface area contributed by atoms with Crippen molar-refractivity contribution in [1.29, 1.82) is 0 Å². The molecule has 0 radical (unpaired) electrons. The van der Waals surface area contributed by atoms with Gasteiger partial charge in [0.25, 0.3) is 0 Å². The predicted octanol–water partition coefficient (Wildman–Crippen LogP) is 2.31. The van der Waals surface area contributed by atoms with E-state index in [0.717, 1.165) is 5.82 Å². The molecule has 66 valence electrons. The lowest BCUT2D eigenvalue weighted by Gasteiger charge is -1.97. The Morgan fingerprint density at radius 2 is 2.46 bits per heavy atom. The van der Waals surface area contributed by atoms with Crippen LogP contribution in [0.3, 0.4) is 0 Å². The first-order valence-electron chi connectivity index (χ1n) is 3.79. The van der Waals surface area contributed by atoms with E-state index in [0.29, 0.717) is 23.1 Å². The molecule has 0 unspecified atom stereocenters. The van der Waals surface area contributed by atoms with Crippen molar-refractivity contribution >= 4 is 29.4 Å². The molecule has 2 heterocycles. The average molecular weight is 213 g/mol. The molecule has 0 saturated carbocycles. The maximum absolute atomic E-state index is 6.02. The second kappa shape index (κ2) is 3.45. The zero-order chi connectivity index (χ0) is 9.26. The van der Waals surface area contributed by atoms with Gasteiger partial charge in [0.15, 0.2) is 0 Å². The van der Waals surface area contributed by atoms with Crippen LogP contribution in [0, 0.1) is 11.8 Å². The van der Waals surface area contributed by atoms with Crippen LogP contribution < -0.4 is 0 Å². The molecule has 0 spiro atoms. The lowest BCUT2D eigenvalue weighted by atomic mass is 10.4. The molecule has 4 heteroatoms. The molecule has 1 aromatic heterocycles. The second-order valence-electron chi connectivity index (χ2n) is 2.58. The molecule has 1 aromatic rings. The molecule has 2 rings (SSSR count). The minimum absolute atomic E-state index is 0.333. The van der Waals surface area contributed by atoms with Crippen LogP contribution in [0.1, 0.15) is 11.5 Å². The van der Waals surface area contributed by atoms with Crippen LogP contribution in [0.5, 0.6) is 0 Å². The van der Waals surface area contributed by atoms with Crippen molar-refractivity contribution < 1.29 is 0 Å². The topological polar surface area (TPSA) is 17.8 Å². The minimum atomic E-state index is 0.333. The molecule has 0 saturated heterocycles. The summed E-state index contributed by atoms with van der Waals surface area (Å²) in [7, 11) is 0. The number of imidazole rings is 1. The number of hydrogen-bond acceptors (Lipinski definition) is 1. The average Bonchev–Trinajstić information content (AvgIpc) is 2.37. The summed E-state index contributed by atoms with van der Waals surface area (Å²) in [5.41, 5.74) is 0.715. The van der Waals surface area contributed by atoms with Crippen LogP contribution in [-0.2, 0) is 12.3 Å². The number of hydrogen-bond donors (Lipinski definition) is 0. The standard InChI is InChI=1S/C9H6Cl2N2/c10-6-7-9(11)13-5-3-1-2-4-8(13)12-7/h3,5H,4,6H2. The molecule has 0 bridgehead atoms. The van der Waals surface area contributed by atoms with Gasteiger partial charge in [-0.1, -0.05) is 23.4 Å². The molecule has 0 atom stereocenters. The molecular formula is C9H6Cl2N2. The summed E-state index contributed by atoms with van der Waals surface area (Å²) in [6.45, 7) is 0. The molecule has 0 fully saturated rings. The molecular weight excluding hydrogens is 207 g/mol. The number of alkyl halides is 1. The van der Waals surface area contributed by atoms with Gasteiger partial charge in [-0.3, -0.25) is 4.57 Å². The van der Waals surface area contributed by atoms with E-state index in [9.17, 15) is 0 Å². The predicted molar refractivity (Wildman–Crippen MR) is 53.6 cm³/mol. The fourth-order valence-corrected chi connectivity index (χ4v) is 1.69. The van der Waals surface area contributed by atoms with E-state index in [1.807, 2.05) is 0 Å². The lowest BCUT2D eigenvalue weighted by molar-refractivity contribution is 0.984. The van der Waals surface area contributed by atoms with Gasteiger partial charge in [-0.25, -0.2) is 4.98 Å². The Morgan fingerprint density at radius 3 is 3.23 bits per heavy atom. The lowest BCUT2D eigenvalue weighted by Crippen LogP contribution is -1.93. The summed E-state index contributed by atoms with van der Waals surface area (Å²) in [6, 6.07) is 0. The zero-order valence-corrected chi connectivity index (χ0v) is 8.23. The Kier molecular flexibility index (Phi) is 2.30. The fraction of sp³-hybridized carbons (Fsp3) is 0.222. The van der Waals surface area contributed by atoms with Gasteiger partial charge in [0.05, 0.1) is 18.0 Å². The highest BCUT2D eigenvalue weighted by Gasteiger charge is 2.12. The van der Waals surface area contributed by atoms with Crippen LogP contribution in [0.15, 0.2) is 6.08 Å². The maximum Gasteiger partial charge on any atom is 0.137 e. The summed E-state index contributed by atoms with van der Waals surface area (Å²) >= 11 is 11.7. The SMILES string of the molecule is ClCc1nc2n(c1Cl)C=CC#CC2. The Balaban J connectivity index is 2.55. The summed E-state index contributed by atoms with van der Waals surface area (Å²) in [5.74, 6) is 6.99. The Labute approximate surface area is 86.2 Å². The molecule has 0 aliphatic carbocycles. The summed E-state index contributed by atoms with van der Waals surface area (Å²) in [6.07, 6.45) is 4.17. The first-order valence-corrected chi connectivity index (χ1v) is 4.70. The van der Waals surface area contributed by atoms with Crippen LogP contribution in [0.2, 0.25) is 5.15 Å². The van der Waals surface area contributed by atoms with E-state index in [-0.39, 0.29) is 0 Å². The summed E-state index contributed by atoms with van der Waals surface area (Å²) in [4.78, 5) is 4.27. The van der Waals surface area contributed by atoms with E-state index in [2.05, 4.69) is 16.8 Å². The summed E-state index contributed by atoms with van der Waals surface area (Å²) < 4.78 is 1.80. The number of rotatable bonds is 1. The van der Waals surface area contributed by atoms with Crippen molar-refractivity contribution in [3.63, 3.8) is 0 Å². The highest BCUT2D eigenvalue weighted by atomic mass is 35.5. The number of nitrogens with zero attached hydrogens (tertiary/aromatic N) is 2. The molecule has 0 N–H and O–H groups in total. The highest BCUT2D eigenvalue weighted by Crippen LogP contribution is 2.21. The molecule has 2 nitrogen and oxygen atoms in total. The highest BCUT2D eigenvalue weighted by molar-refractivity contribution is 6.31. The van der Waals surface area contributed by atoms with Gasteiger partial charge >= 0.3 is 0 Å². The molecule has 1 aliphatic rings. The van der Waals surface area contributed by atoms with Crippen molar-refractivity contribution in [2.24, 2.45) is 0 Å². The number of fused-ring (bicyclic) bond motifs is 1. The number of allylic oxidation sites excluding steroid dienone is 1. The van der Waals surface area contributed by atoms with E-state index in [1.165, 1.54) is 0 Å². The van der Waals surface area contributed by atoms with Gasteiger partial charge in [0.1, 0.15) is 11.0 Å². The second-order valence-corrected chi connectivity index (χ2v) is 3.21. The van der Waals surface area contributed by atoms with Crippen molar-refractivity contribution in [3.05, 3.63) is 22.7 Å². The first-order chi connectivity index (χ1) is 6.33. The van der Waals surface area contributed by atoms with E-state index in [4.69, 9.17) is 23.2 Å². The Morgan fingerprint density at radius 1 is 1.62 bits per heavy atom. The largest absolute Gasteiger partial charge is 0.292 e. The Hall–Kier alpha value is -0.910. The number of halogens is 2. The van der Waals surface area contributed by atoms with Crippen LogP contribution in [0.25, 0.3) is 6.20 Å². The maximum atomic E-state index is 6.02. The summed E-state index contributed by atoms with van der Waals surface area (Å²) in [5, 5.41) is 0.576. The van der Waals surface area contributed by atoms with Gasteiger partial charge < -0.3 is 0 Å². The third kappa shape index (κ3) is 1.46. The first kappa shape index (κ1) is 8.68. The van der Waals surface area contributed by atoms with Crippen molar-refractivity contribution in [2.75, 3.05) is 0 Å². The van der Waals surface area contributed by atoms with Crippen LogP contribution in [0.4, 0.5) is 0 Å². The quantitative estimate of drug-likeness (QED) is 0.517. The molecule has 13 heavy (non-hydrogen) atoms. The fourth-order valence-electron chi connectivity index (χ4n) is 1.17. The monoisotopic (exact) mass is 212 g/mol. The van der Waals surface area contributed by atoms with Crippen molar-refractivity contribution in [2.45, 2.75) is 12.3 Å². The third-order valence-electron chi connectivity index (χ3n) is 1.77. The van der Waals surface area contributed by atoms with E-state index < -0.39 is 0 Å². The smallest absolute Gasteiger partial charge is 0.137 e. The van der Waals surface area contributed by atoms with Gasteiger partial charge in [-0.05, 0) is 0 Å². The van der Waals surface area contributed by atoms with Crippen molar-refractivity contribution in [1.82, 2.24) is 9.55 Å². The van der Waals surface area contributed by atoms with Gasteiger partial charge in [0.2, 0.25) is 0 Å². The van der Waals surface area contributed by atoms with Gasteiger partial charge in [0, 0.05) is 12.3 Å². The zero-order valence-electron chi connectivity index (χ0n) is 6.72. The van der Waals surface area contributed by atoms with E-state index in [1.54, 1.807) is 16.8 Å². The van der Waals surface area contributed by atoms with Crippen LogP contribution in [-0.4, -0.2) is 9.55 Å². The van der Waals surface area contributed by atoms with Gasteiger partial charge in [-0.2, -0.15) is 0 Å². The van der Waals surface area contributed by atoms with Crippen LogP contribution >= 0.6 is 23.2 Å². The number of aromatic nitrogens is 2. The molecule has 1 aliphatic heterocycles. The van der Waals surface area contributed by atoms with Gasteiger partial charge in [-0.15, -0.1) is 11.6 Å². The minimum Gasteiger partial charge on any atom is -0.292 e. The third-order valence-corrected chi connectivity index (χ3v) is 2.43. The normalized spacial score (nSPS) is 13.1. The van der Waals surface area contributed by atoms with E-state index >= 15 is 0 Å². The molecule has 0 amide bonds. The molecule has 0 aromatic carbocycles. The van der Waals surface area contributed by atoms with Crippen molar-refractivity contribution in [3.8, 4) is 11.8 Å². The Bertz CT molecular complexity index is 421.